The molecule has 0 radical (unpaired) electrons. The average Bonchev–Trinajstić information content (AvgIpc) is 3.12. The van der Waals surface area contributed by atoms with Crippen LogP contribution in [-0.4, -0.2) is 6.04 Å². The molecule has 2 saturated carbocycles. The Morgan fingerprint density at radius 2 is 1.82 bits per heavy atom. The Balaban J connectivity index is 1.61. The minimum atomic E-state index is -0.162. The zero-order chi connectivity index (χ0) is 11.8. The third-order valence-corrected chi connectivity index (χ3v) is 4.18. The smallest absolute Gasteiger partial charge is 0.124 e. The molecule has 0 spiro atoms. The number of rotatable bonds is 5. The van der Waals surface area contributed by atoms with Gasteiger partial charge in [-0.3, -0.25) is 0 Å². The van der Waals surface area contributed by atoms with Crippen LogP contribution in [0.15, 0.2) is 22.7 Å². The molecule has 1 N–H and O–H groups in total. The molecule has 2 fully saturated rings. The van der Waals surface area contributed by atoms with E-state index in [-0.39, 0.29) is 5.82 Å². The van der Waals surface area contributed by atoms with Gasteiger partial charge in [-0.05, 0) is 61.3 Å². The van der Waals surface area contributed by atoms with E-state index >= 15 is 0 Å². The van der Waals surface area contributed by atoms with Gasteiger partial charge in [-0.1, -0.05) is 15.9 Å². The van der Waals surface area contributed by atoms with Gasteiger partial charge >= 0.3 is 0 Å². The Hall–Kier alpha value is -0.410. The highest BCUT2D eigenvalue weighted by Crippen LogP contribution is 2.44. The van der Waals surface area contributed by atoms with Crippen molar-refractivity contribution in [2.24, 2.45) is 11.8 Å². The molecule has 0 aromatic heterocycles. The zero-order valence-corrected chi connectivity index (χ0v) is 11.3. The van der Waals surface area contributed by atoms with Crippen LogP contribution in [0.3, 0.4) is 0 Å². The Kier molecular flexibility index (Phi) is 3.22. The van der Waals surface area contributed by atoms with Crippen LogP contribution in [0, 0.1) is 17.7 Å². The summed E-state index contributed by atoms with van der Waals surface area (Å²) in [7, 11) is 0. The molecule has 0 amide bonds. The van der Waals surface area contributed by atoms with Crippen LogP contribution in [0.5, 0.6) is 0 Å². The quantitative estimate of drug-likeness (QED) is 0.870. The lowest BCUT2D eigenvalue weighted by Gasteiger charge is -2.17. The molecule has 0 unspecified atom stereocenters. The van der Waals surface area contributed by atoms with Crippen LogP contribution >= 0.6 is 15.9 Å². The van der Waals surface area contributed by atoms with E-state index in [1.807, 2.05) is 6.07 Å². The first-order valence-corrected chi connectivity index (χ1v) is 7.20. The Morgan fingerprint density at radius 1 is 1.18 bits per heavy atom. The van der Waals surface area contributed by atoms with E-state index in [0.29, 0.717) is 6.04 Å². The van der Waals surface area contributed by atoms with Crippen LogP contribution < -0.4 is 5.32 Å². The molecule has 2 aliphatic carbocycles. The van der Waals surface area contributed by atoms with E-state index in [4.69, 9.17) is 0 Å². The lowest BCUT2D eigenvalue weighted by Crippen LogP contribution is -2.32. The molecular formula is C14H17BrFN. The summed E-state index contributed by atoms with van der Waals surface area (Å²) in [4.78, 5) is 0. The van der Waals surface area contributed by atoms with Gasteiger partial charge in [-0.15, -0.1) is 0 Å². The van der Waals surface area contributed by atoms with E-state index in [2.05, 4.69) is 21.2 Å². The van der Waals surface area contributed by atoms with E-state index in [1.54, 1.807) is 6.07 Å². The van der Waals surface area contributed by atoms with Crippen LogP contribution in [0.1, 0.15) is 31.2 Å². The number of halogens is 2. The molecule has 0 aliphatic heterocycles. The molecule has 3 rings (SSSR count). The third-order valence-electron chi connectivity index (χ3n) is 3.72. The van der Waals surface area contributed by atoms with Crippen molar-refractivity contribution in [3.63, 3.8) is 0 Å². The van der Waals surface area contributed by atoms with Crippen molar-refractivity contribution in [3.8, 4) is 0 Å². The fourth-order valence-corrected chi connectivity index (χ4v) is 3.09. The van der Waals surface area contributed by atoms with E-state index in [9.17, 15) is 4.39 Å². The largest absolute Gasteiger partial charge is 0.309 e. The minimum Gasteiger partial charge on any atom is -0.309 e. The normalized spacial score (nSPS) is 19.9. The molecule has 1 nitrogen and oxygen atoms in total. The summed E-state index contributed by atoms with van der Waals surface area (Å²) in [6.07, 6.45) is 5.50. The van der Waals surface area contributed by atoms with Crippen molar-refractivity contribution in [2.45, 2.75) is 38.3 Å². The highest BCUT2D eigenvalue weighted by atomic mass is 79.9. The first-order valence-electron chi connectivity index (χ1n) is 6.41. The van der Waals surface area contributed by atoms with Crippen LogP contribution in [0.4, 0.5) is 4.39 Å². The molecule has 0 bridgehead atoms. The molecule has 0 saturated heterocycles. The topological polar surface area (TPSA) is 12.0 Å². The molecular weight excluding hydrogens is 281 g/mol. The maximum atomic E-state index is 13.2. The molecule has 0 heterocycles. The summed E-state index contributed by atoms with van der Waals surface area (Å²) < 4.78 is 14.1. The van der Waals surface area contributed by atoms with Crippen LogP contribution in [0.25, 0.3) is 0 Å². The monoisotopic (exact) mass is 297 g/mol. The number of benzene rings is 1. The van der Waals surface area contributed by atoms with Gasteiger partial charge in [-0.25, -0.2) is 4.39 Å². The van der Waals surface area contributed by atoms with Gasteiger partial charge in [0.2, 0.25) is 0 Å². The van der Waals surface area contributed by atoms with Crippen LogP contribution in [-0.2, 0) is 6.54 Å². The first kappa shape index (κ1) is 11.7. The summed E-state index contributed by atoms with van der Waals surface area (Å²) in [5.41, 5.74) is 1.03. The standard InChI is InChI=1S/C14H17BrFN/c15-12-5-9(6-13(16)7-12)8-17-14(10-1-2-10)11-3-4-11/h5-7,10-11,14,17H,1-4,8H2. The highest BCUT2D eigenvalue weighted by molar-refractivity contribution is 9.10. The van der Waals surface area contributed by atoms with Crippen LogP contribution in [0.2, 0.25) is 0 Å². The summed E-state index contributed by atoms with van der Waals surface area (Å²) in [6, 6.07) is 5.79. The van der Waals surface area contributed by atoms with Gasteiger partial charge in [-0.2, -0.15) is 0 Å². The molecule has 17 heavy (non-hydrogen) atoms. The second-order valence-electron chi connectivity index (χ2n) is 5.36. The molecule has 0 atom stereocenters. The lowest BCUT2D eigenvalue weighted by atomic mass is 10.1. The Bertz CT molecular complexity index is 380. The average molecular weight is 298 g/mol. The molecule has 1 aromatic rings. The Labute approximate surface area is 110 Å². The van der Waals surface area contributed by atoms with Gasteiger partial charge < -0.3 is 5.32 Å². The van der Waals surface area contributed by atoms with Gasteiger partial charge in [0.05, 0.1) is 0 Å². The van der Waals surface area contributed by atoms with Gasteiger partial charge in [0.25, 0.3) is 0 Å². The fourth-order valence-electron chi connectivity index (χ4n) is 2.58. The SMILES string of the molecule is Fc1cc(Br)cc(CNC(C2CC2)C2CC2)c1. The molecule has 2 aliphatic rings. The summed E-state index contributed by atoms with van der Waals surface area (Å²) >= 11 is 3.33. The van der Waals surface area contributed by atoms with Crippen molar-refractivity contribution in [2.75, 3.05) is 0 Å². The van der Waals surface area contributed by atoms with Gasteiger partial charge in [0.15, 0.2) is 0 Å². The third kappa shape index (κ3) is 3.08. The van der Waals surface area contributed by atoms with Crippen molar-refractivity contribution in [3.05, 3.63) is 34.1 Å². The van der Waals surface area contributed by atoms with E-state index < -0.39 is 0 Å². The van der Waals surface area contributed by atoms with Crippen molar-refractivity contribution in [1.29, 1.82) is 0 Å². The lowest BCUT2D eigenvalue weighted by molar-refractivity contribution is 0.415. The van der Waals surface area contributed by atoms with Gasteiger partial charge in [0, 0.05) is 17.1 Å². The molecule has 1 aromatic carbocycles. The zero-order valence-electron chi connectivity index (χ0n) is 9.76. The van der Waals surface area contributed by atoms with Gasteiger partial charge in [0.1, 0.15) is 5.82 Å². The van der Waals surface area contributed by atoms with Crippen molar-refractivity contribution >= 4 is 15.9 Å². The summed E-state index contributed by atoms with van der Waals surface area (Å²) in [5.74, 6) is 1.62. The number of hydrogen-bond acceptors (Lipinski definition) is 1. The maximum Gasteiger partial charge on any atom is 0.124 e. The minimum absolute atomic E-state index is 0.162. The molecule has 3 heteroatoms. The predicted molar refractivity (Wildman–Crippen MR) is 70.2 cm³/mol. The predicted octanol–water partition coefficient (Wildman–Crippen LogP) is 3.87. The second kappa shape index (κ2) is 4.69. The molecule has 92 valence electrons. The number of nitrogens with one attached hydrogen (secondary N) is 1. The van der Waals surface area contributed by atoms with E-state index in [1.165, 1.54) is 31.7 Å². The second-order valence-corrected chi connectivity index (χ2v) is 6.27. The summed E-state index contributed by atoms with van der Waals surface area (Å²) in [5, 5.41) is 3.63. The van der Waals surface area contributed by atoms with E-state index in [0.717, 1.165) is 28.4 Å². The first-order chi connectivity index (χ1) is 8.22. The number of hydrogen-bond donors (Lipinski definition) is 1. The summed E-state index contributed by atoms with van der Waals surface area (Å²) in [6.45, 7) is 0.786. The maximum absolute atomic E-state index is 13.2. The fraction of sp³-hybridized carbons (Fsp3) is 0.571. The van der Waals surface area contributed by atoms with Crippen molar-refractivity contribution in [1.82, 2.24) is 5.32 Å². The van der Waals surface area contributed by atoms with Crippen molar-refractivity contribution < 1.29 is 4.39 Å². The highest BCUT2D eigenvalue weighted by Gasteiger charge is 2.40. The Morgan fingerprint density at radius 3 is 2.35 bits per heavy atom.